The number of aliphatic imine (C=N–C) groups is 1. The van der Waals surface area contributed by atoms with E-state index in [9.17, 15) is 4.39 Å². The van der Waals surface area contributed by atoms with Crippen molar-refractivity contribution in [3.05, 3.63) is 65.9 Å². The lowest BCUT2D eigenvalue weighted by atomic mass is 10.2. The number of aromatic nitrogens is 3. The number of nitrogens with one attached hydrogen (secondary N) is 1. The van der Waals surface area contributed by atoms with Gasteiger partial charge in [-0.05, 0) is 29.8 Å². The molecule has 1 N–H and O–H groups in total. The number of guanidine groups is 1. The third-order valence-corrected chi connectivity index (χ3v) is 3.92. The van der Waals surface area contributed by atoms with E-state index in [2.05, 4.69) is 20.5 Å². The Morgan fingerprint density at radius 1 is 1.20 bits per heavy atom. The van der Waals surface area contributed by atoms with Gasteiger partial charge in [0.1, 0.15) is 11.6 Å². The van der Waals surface area contributed by atoms with Crippen LogP contribution in [0.4, 0.5) is 4.39 Å². The lowest BCUT2D eigenvalue weighted by Gasteiger charge is -2.22. The minimum atomic E-state index is -0.227. The van der Waals surface area contributed by atoms with Crippen molar-refractivity contribution >= 4 is 11.6 Å². The Hall–Kier alpha value is -2.96. The van der Waals surface area contributed by atoms with Crippen LogP contribution in [0.1, 0.15) is 11.4 Å². The van der Waals surface area contributed by atoms with Gasteiger partial charge < -0.3 is 10.2 Å². The van der Waals surface area contributed by atoms with Gasteiger partial charge in [0.25, 0.3) is 0 Å². The van der Waals surface area contributed by atoms with E-state index < -0.39 is 0 Å². The second kappa shape index (κ2) is 7.74. The number of rotatable bonds is 5. The van der Waals surface area contributed by atoms with Gasteiger partial charge in [0.2, 0.25) is 0 Å². The molecule has 0 fully saturated rings. The van der Waals surface area contributed by atoms with E-state index in [4.69, 9.17) is 0 Å². The summed E-state index contributed by atoms with van der Waals surface area (Å²) in [6.07, 6.45) is 2.69. The van der Waals surface area contributed by atoms with Crippen molar-refractivity contribution in [1.29, 1.82) is 0 Å². The highest BCUT2D eigenvalue weighted by atomic mass is 19.1. The maximum Gasteiger partial charge on any atom is 0.193 e. The zero-order valence-electron chi connectivity index (χ0n) is 14.4. The fourth-order valence-electron chi connectivity index (χ4n) is 2.67. The SMILES string of the molecule is CN=C(NCCc1nnc2ccccn12)N(C)Cc1ccc(F)cc1. The van der Waals surface area contributed by atoms with E-state index in [1.807, 2.05) is 40.7 Å². The highest BCUT2D eigenvalue weighted by Crippen LogP contribution is 2.06. The monoisotopic (exact) mass is 340 g/mol. The molecule has 0 aliphatic carbocycles. The molecule has 0 spiro atoms. The van der Waals surface area contributed by atoms with Gasteiger partial charge in [0.05, 0.1) is 0 Å². The summed E-state index contributed by atoms with van der Waals surface area (Å²) in [5, 5.41) is 11.7. The van der Waals surface area contributed by atoms with E-state index in [0.717, 1.165) is 29.4 Å². The molecule has 0 aliphatic rings. The number of hydrogen-bond donors (Lipinski definition) is 1. The van der Waals surface area contributed by atoms with Gasteiger partial charge in [0, 0.05) is 39.8 Å². The summed E-state index contributed by atoms with van der Waals surface area (Å²) in [7, 11) is 3.70. The van der Waals surface area contributed by atoms with Crippen LogP contribution in [0, 0.1) is 5.82 Å². The topological polar surface area (TPSA) is 57.8 Å². The van der Waals surface area contributed by atoms with Crippen LogP contribution in [0.3, 0.4) is 0 Å². The minimum Gasteiger partial charge on any atom is -0.356 e. The van der Waals surface area contributed by atoms with Crippen molar-refractivity contribution in [1.82, 2.24) is 24.8 Å². The number of pyridine rings is 1. The summed E-state index contributed by atoms with van der Waals surface area (Å²) in [5.41, 5.74) is 1.87. The van der Waals surface area contributed by atoms with Crippen molar-refractivity contribution < 1.29 is 4.39 Å². The van der Waals surface area contributed by atoms with Gasteiger partial charge in [-0.25, -0.2) is 4.39 Å². The summed E-state index contributed by atoms with van der Waals surface area (Å²) >= 11 is 0. The van der Waals surface area contributed by atoms with E-state index in [0.29, 0.717) is 13.1 Å². The maximum atomic E-state index is 13.0. The van der Waals surface area contributed by atoms with Gasteiger partial charge in [0.15, 0.2) is 11.6 Å². The van der Waals surface area contributed by atoms with Crippen LogP contribution in [0.2, 0.25) is 0 Å². The fourth-order valence-corrected chi connectivity index (χ4v) is 2.67. The van der Waals surface area contributed by atoms with Crippen LogP contribution in [0.5, 0.6) is 0 Å². The van der Waals surface area contributed by atoms with Crippen molar-refractivity contribution in [3.8, 4) is 0 Å². The molecule has 1 aromatic carbocycles. The van der Waals surface area contributed by atoms with Gasteiger partial charge in [-0.2, -0.15) is 0 Å². The molecule has 2 aromatic heterocycles. The highest BCUT2D eigenvalue weighted by molar-refractivity contribution is 5.79. The molecule has 25 heavy (non-hydrogen) atoms. The zero-order valence-corrected chi connectivity index (χ0v) is 14.4. The molecule has 0 bridgehead atoms. The largest absolute Gasteiger partial charge is 0.356 e. The first-order chi connectivity index (χ1) is 12.2. The molecular formula is C18H21FN6. The van der Waals surface area contributed by atoms with Gasteiger partial charge in [-0.15, -0.1) is 10.2 Å². The molecule has 130 valence electrons. The molecule has 0 aliphatic heterocycles. The fraction of sp³-hybridized carbons (Fsp3) is 0.278. The molecule has 0 radical (unpaired) electrons. The Morgan fingerprint density at radius 2 is 2.00 bits per heavy atom. The number of nitrogens with zero attached hydrogens (tertiary/aromatic N) is 5. The third-order valence-electron chi connectivity index (χ3n) is 3.92. The molecule has 0 saturated carbocycles. The second-order valence-electron chi connectivity index (χ2n) is 5.75. The quantitative estimate of drug-likeness (QED) is 0.571. The van der Waals surface area contributed by atoms with Crippen LogP contribution < -0.4 is 5.32 Å². The molecule has 3 rings (SSSR count). The molecular weight excluding hydrogens is 319 g/mol. The maximum absolute atomic E-state index is 13.0. The molecule has 0 amide bonds. The normalized spacial score (nSPS) is 11.7. The Kier molecular flexibility index (Phi) is 5.23. The van der Waals surface area contributed by atoms with E-state index in [1.54, 1.807) is 19.2 Å². The second-order valence-corrected chi connectivity index (χ2v) is 5.75. The van der Waals surface area contributed by atoms with Gasteiger partial charge in [-0.1, -0.05) is 18.2 Å². The Morgan fingerprint density at radius 3 is 2.76 bits per heavy atom. The summed E-state index contributed by atoms with van der Waals surface area (Å²) in [5.74, 6) is 1.45. The Balaban J connectivity index is 1.56. The van der Waals surface area contributed by atoms with Crippen molar-refractivity contribution in [2.24, 2.45) is 4.99 Å². The van der Waals surface area contributed by atoms with E-state index in [-0.39, 0.29) is 5.82 Å². The summed E-state index contributed by atoms with van der Waals surface area (Å²) in [6, 6.07) is 12.3. The molecule has 2 heterocycles. The first kappa shape index (κ1) is 16.9. The first-order valence-corrected chi connectivity index (χ1v) is 8.12. The first-order valence-electron chi connectivity index (χ1n) is 8.12. The highest BCUT2D eigenvalue weighted by Gasteiger charge is 2.08. The number of halogens is 1. The van der Waals surface area contributed by atoms with Gasteiger partial charge >= 0.3 is 0 Å². The van der Waals surface area contributed by atoms with Crippen LogP contribution in [0.15, 0.2) is 53.7 Å². The van der Waals surface area contributed by atoms with Crippen LogP contribution in [-0.2, 0) is 13.0 Å². The Bertz CT molecular complexity index is 855. The molecule has 3 aromatic rings. The number of fused-ring (bicyclic) bond motifs is 1. The molecule has 0 unspecified atom stereocenters. The number of hydrogen-bond acceptors (Lipinski definition) is 3. The van der Waals surface area contributed by atoms with Crippen molar-refractivity contribution in [2.75, 3.05) is 20.6 Å². The zero-order chi connectivity index (χ0) is 17.6. The summed E-state index contributed by atoms with van der Waals surface area (Å²) in [4.78, 5) is 6.29. The third kappa shape index (κ3) is 4.12. The lowest BCUT2D eigenvalue weighted by Crippen LogP contribution is -2.39. The lowest BCUT2D eigenvalue weighted by molar-refractivity contribution is 0.476. The predicted octanol–water partition coefficient (Wildman–Crippen LogP) is 2.12. The average molecular weight is 340 g/mol. The molecule has 6 nitrogen and oxygen atoms in total. The van der Waals surface area contributed by atoms with E-state index >= 15 is 0 Å². The standard InChI is InChI=1S/C18H21FN6/c1-20-18(24(2)13-14-6-8-15(19)9-7-14)21-11-10-17-23-22-16-5-3-4-12-25(16)17/h3-9,12H,10-11,13H2,1-2H3,(H,20,21). The Labute approximate surface area is 146 Å². The van der Waals surface area contributed by atoms with Gasteiger partial charge in [-0.3, -0.25) is 9.39 Å². The smallest absolute Gasteiger partial charge is 0.193 e. The van der Waals surface area contributed by atoms with Crippen LogP contribution in [0.25, 0.3) is 5.65 Å². The molecule has 7 heteroatoms. The van der Waals surface area contributed by atoms with E-state index in [1.165, 1.54) is 12.1 Å². The van der Waals surface area contributed by atoms with Crippen molar-refractivity contribution in [3.63, 3.8) is 0 Å². The van der Waals surface area contributed by atoms with Crippen LogP contribution in [-0.4, -0.2) is 46.1 Å². The van der Waals surface area contributed by atoms with Crippen LogP contribution >= 0.6 is 0 Å². The number of benzene rings is 1. The summed E-state index contributed by atoms with van der Waals surface area (Å²) < 4.78 is 15.0. The molecule has 0 saturated heterocycles. The average Bonchev–Trinajstić information content (AvgIpc) is 3.04. The minimum absolute atomic E-state index is 0.227. The predicted molar refractivity (Wildman–Crippen MR) is 95.9 cm³/mol. The summed E-state index contributed by atoms with van der Waals surface area (Å²) in [6.45, 7) is 1.34. The van der Waals surface area contributed by atoms with Crippen molar-refractivity contribution in [2.45, 2.75) is 13.0 Å². The molecule has 0 atom stereocenters.